The molecule has 0 aromatic carbocycles. The Morgan fingerprint density at radius 3 is 2.35 bits per heavy atom. The van der Waals surface area contributed by atoms with Gasteiger partial charge in [0.25, 0.3) is 10.2 Å². The van der Waals surface area contributed by atoms with Crippen LogP contribution in [0.2, 0.25) is 0 Å². The normalized spacial score (nSPS) is 16.9. The van der Waals surface area contributed by atoms with E-state index >= 15 is 0 Å². The number of hydrogen-bond acceptors (Lipinski definition) is 6. The van der Waals surface area contributed by atoms with E-state index in [-0.39, 0.29) is 0 Å². The molecule has 0 unspecified atom stereocenters. The molecule has 124 valence electrons. The fourth-order valence-corrected chi connectivity index (χ4v) is 4.21. The highest BCUT2D eigenvalue weighted by Crippen LogP contribution is 2.23. The van der Waals surface area contributed by atoms with Gasteiger partial charge in [-0.3, -0.25) is 0 Å². The molecule has 0 aliphatic carbocycles. The summed E-state index contributed by atoms with van der Waals surface area (Å²) in [7, 11) is -0.232. The van der Waals surface area contributed by atoms with Gasteiger partial charge < -0.3 is 4.90 Å². The zero-order valence-electron chi connectivity index (χ0n) is 13.1. The third-order valence-electron chi connectivity index (χ3n) is 3.77. The van der Waals surface area contributed by atoms with Crippen molar-refractivity contribution in [2.45, 2.75) is 0 Å². The van der Waals surface area contributed by atoms with Crippen LogP contribution >= 0.6 is 11.3 Å². The number of thiophene rings is 1. The Balaban J connectivity index is 1.66. The van der Waals surface area contributed by atoms with Crippen LogP contribution in [0, 0.1) is 0 Å². The lowest BCUT2D eigenvalue weighted by molar-refractivity contribution is 0.354. The monoisotopic (exact) mass is 353 g/mol. The van der Waals surface area contributed by atoms with Gasteiger partial charge in [0, 0.05) is 40.3 Å². The van der Waals surface area contributed by atoms with Crippen LogP contribution in [0.3, 0.4) is 0 Å². The highest BCUT2D eigenvalue weighted by atomic mass is 32.2. The third kappa shape index (κ3) is 3.37. The van der Waals surface area contributed by atoms with E-state index in [4.69, 9.17) is 0 Å². The topological polar surface area (TPSA) is 69.6 Å². The van der Waals surface area contributed by atoms with Crippen LogP contribution < -0.4 is 4.90 Å². The molecule has 1 saturated heterocycles. The van der Waals surface area contributed by atoms with Crippen molar-refractivity contribution in [1.29, 1.82) is 0 Å². The van der Waals surface area contributed by atoms with Gasteiger partial charge in [0.15, 0.2) is 5.82 Å². The predicted octanol–water partition coefficient (Wildman–Crippen LogP) is 1.13. The van der Waals surface area contributed by atoms with Gasteiger partial charge >= 0.3 is 0 Å². The van der Waals surface area contributed by atoms with Crippen LogP contribution in [0.4, 0.5) is 5.82 Å². The zero-order valence-corrected chi connectivity index (χ0v) is 14.7. The molecule has 0 N–H and O–H groups in total. The summed E-state index contributed by atoms with van der Waals surface area (Å²) in [5, 5.41) is 10.6. The molecule has 3 rings (SSSR count). The summed E-state index contributed by atoms with van der Waals surface area (Å²) in [4.78, 5) is 3.15. The molecule has 9 heteroatoms. The molecule has 1 fully saturated rings. The first kappa shape index (κ1) is 16.3. The highest BCUT2D eigenvalue weighted by Gasteiger charge is 2.29. The van der Waals surface area contributed by atoms with E-state index in [1.807, 2.05) is 29.6 Å². The Kier molecular flexibility index (Phi) is 4.62. The molecule has 3 heterocycles. The molecule has 23 heavy (non-hydrogen) atoms. The van der Waals surface area contributed by atoms with Gasteiger partial charge in [0.2, 0.25) is 0 Å². The van der Waals surface area contributed by atoms with Crippen molar-refractivity contribution in [3.8, 4) is 10.6 Å². The highest BCUT2D eigenvalue weighted by molar-refractivity contribution is 7.86. The number of rotatable bonds is 4. The number of nitrogens with zero attached hydrogens (tertiary/aromatic N) is 5. The number of aromatic nitrogens is 2. The average molecular weight is 353 g/mol. The van der Waals surface area contributed by atoms with Crippen LogP contribution in [-0.4, -0.2) is 67.5 Å². The summed E-state index contributed by atoms with van der Waals surface area (Å²) in [6.45, 7) is 2.13. The van der Waals surface area contributed by atoms with Gasteiger partial charge in [-0.05, 0) is 23.6 Å². The van der Waals surface area contributed by atoms with Crippen molar-refractivity contribution >= 4 is 27.4 Å². The maximum absolute atomic E-state index is 12.1. The molecular weight excluding hydrogens is 334 g/mol. The first-order chi connectivity index (χ1) is 11.0. The second-order valence-electron chi connectivity index (χ2n) is 5.43. The van der Waals surface area contributed by atoms with Gasteiger partial charge in [-0.15, -0.1) is 21.5 Å². The van der Waals surface area contributed by atoms with E-state index in [1.165, 1.54) is 8.61 Å². The van der Waals surface area contributed by atoms with Crippen LogP contribution in [0.15, 0.2) is 29.6 Å². The van der Waals surface area contributed by atoms with Crippen molar-refractivity contribution in [1.82, 2.24) is 18.8 Å². The fraction of sp³-hybridized carbons (Fsp3) is 0.429. The van der Waals surface area contributed by atoms with Gasteiger partial charge in [0.05, 0.1) is 4.88 Å². The SMILES string of the molecule is CN(C)S(=O)(=O)N1CCN(c2ccc(-c3cccs3)nn2)CC1. The minimum Gasteiger partial charge on any atom is -0.352 e. The first-order valence-corrected chi connectivity index (χ1v) is 9.56. The summed E-state index contributed by atoms with van der Waals surface area (Å²) >= 11 is 1.63. The van der Waals surface area contributed by atoms with Crippen molar-refractivity contribution < 1.29 is 8.42 Å². The molecule has 7 nitrogen and oxygen atoms in total. The Labute approximate surface area is 140 Å². The maximum Gasteiger partial charge on any atom is 0.281 e. The van der Waals surface area contributed by atoms with Gasteiger partial charge in [-0.1, -0.05) is 6.07 Å². The summed E-state index contributed by atoms with van der Waals surface area (Å²) in [5.41, 5.74) is 0.859. The Morgan fingerprint density at radius 2 is 1.83 bits per heavy atom. The molecular formula is C14H19N5O2S2. The Bertz CT molecular complexity index is 736. The number of anilines is 1. The summed E-state index contributed by atoms with van der Waals surface area (Å²) in [5.74, 6) is 0.784. The number of piperazine rings is 1. The molecule has 0 saturated carbocycles. The Hall–Kier alpha value is -1.55. The van der Waals surface area contributed by atoms with Crippen LogP contribution in [-0.2, 0) is 10.2 Å². The second kappa shape index (κ2) is 6.52. The third-order valence-corrected chi connectivity index (χ3v) is 6.61. The van der Waals surface area contributed by atoms with E-state index in [0.29, 0.717) is 26.2 Å². The lowest BCUT2D eigenvalue weighted by atomic mass is 10.3. The van der Waals surface area contributed by atoms with Crippen molar-refractivity contribution in [2.24, 2.45) is 0 Å². The minimum absolute atomic E-state index is 0.453. The second-order valence-corrected chi connectivity index (χ2v) is 8.52. The van der Waals surface area contributed by atoms with Crippen LogP contribution in [0.25, 0.3) is 10.6 Å². The molecule has 1 aliphatic heterocycles. The molecule has 2 aromatic rings. The van der Waals surface area contributed by atoms with E-state index in [2.05, 4.69) is 15.1 Å². The molecule has 0 radical (unpaired) electrons. The van der Waals surface area contributed by atoms with E-state index in [0.717, 1.165) is 16.4 Å². The van der Waals surface area contributed by atoms with Gasteiger partial charge in [-0.25, -0.2) is 0 Å². The summed E-state index contributed by atoms with van der Waals surface area (Å²) in [6.07, 6.45) is 0. The average Bonchev–Trinajstić information content (AvgIpc) is 3.09. The summed E-state index contributed by atoms with van der Waals surface area (Å²) in [6, 6.07) is 7.90. The fourth-order valence-electron chi connectivity index (χ4n) is 2.43. The lowest BCUT2D eigenvalue weighted by Crippen LogP contribution is -2.51. The maximum atomic E-state index is 12.1. The van der Waals surface area contributed by atoms with Crippen molar-refractivity contribution in [3.05, 3.63) is 29.6 Å². The lowest BCUT2D eigenvalue weighted by Gasteiger charge is -2.35. The minimum atomic E-state index is -3.34. The quantitative estimate of drug-likeness (QED) is 0.824. The molecule has 0 bridgehead atoms. The van der Waals surface area contributed by atoms with E-state index < -0.39 is 10.2 Å². The summed E-state index contributed by atoms with van der Waals surface area (Å²) < 4.78 is 27.0. The van der Waals surface area contributed by atoms with E-state index in [9.17, 15) is 8.42 Å². The van der Waals surface area contributed by atoms with Crippen molar-refractivity contribution in [3.63, 3.8) is 0 Å². The first-order valence-electron chi connectivity index (χ1n) is 7.28. The van der Waals surface area contributed by atoms with E-state index in [1.54, 1.807) is 25.4 Å². The van der Waals surface area contributed by atoms with Gasteiger partial charge in [-0.2, -0.15) is 17.0 Å². The van der Waals surface area contributed by atoms with Crippen molar-refractivity contribution in [2.75, 3.05) is 45.2 Å². The largest absolute Gasteiger partial charge is 0.352 e. The molecule has 2 aromatic heterocycles. The smallest absolute Gasteiger partial charge is 0.281 e. The standard InChI is InChI=1S/C14H19N5O2S2/c1-17(2)23(20,21)19-9-7-18(8-10-19)14-6-5-12(15-16-14)13-4-3-11-22-13/h3-6,11H,7-10H2,1-2H3. The molecule has 0 spiro atoms. The molecule has 0 atom stereocenters. The molecule has 1 aliphatic rings. The number of hydrogen-bond donors (Lipinski definition) is 0. The van der Waals surface area contributed by atoms with Crippen LogP contribution in [0.5, 0.6) is 0 Å². The Morgan fingerprint density at radius 1 is 1.09 bits per heavy atom. The van der Waals surface area contributed by atoms with Gasteiger partial charge in [0.1, 0.15) is 5.69 Å². The zero-order chi connectivity index (χ0) is 16.4. The van der Waals surface area contributed by atoms with Crippen LogP contribution in [0.1, 0.15) is 0 Å². The molecule has 0 amide bonds. The predicted molar refractivity (Wildman–Crippen MR) is 91.7 cm³/mol.